The second-order valence-corrected chi connectivity index (χ2v) is 11.7. The highest BCUT2D eigenvalue weighted by molar-refractivity contribution is 5.98. The zero-order valence-electron chi connectivity index (χ0n) is 26.2. The molecule has 46 heavy (non-hydrogen) atoms. The van der Waals surface area contributed by atoms with Gasteiger partial charge in [0.1, 0.15) is 0 Å². The summed E-state index contributed by atoms with van der Waals surface area (Å²) in [5, 5.41) is 2.46. The third kappa shape index (κ3) is 6.20. The number of para-hydroxylation sites is 1. The van der Waals surface area contributed by atoms with Crippen LogP contribution in [0, 0.1) is 13.8 Å². The van der Waals surface area contributed by atoms with Crippen molar-refractivity contribution >= 4 is 57.0 Å². The highest BCUT2D eigenvalue weighted by Crippen LogP contribution is 2.39. The number of hydrogen-bond donors (Lipinski definition) is 0. The van der Waals surface area contributed by atoms with E-state index in [4.69, 9.17) is 0 Å². The first-order chi connectivity index (χ1) is 22.6. The second-order valence-electron chi connectivity index (χ2n) is 11.7. The fourth-order valence-corrected chi connectivity index (χ4v) is 5.90. The summed E-state index contributed by atoms with van der Waals surface area (Å²) in [4.78, 5) is 4.64. The lowest BCUT2D eigenvalue weighted by atomic mass is 10.1. The Morgan fingerprint density at radius 3 is 1.30 bits per heavy atom. The molecule has 7 aromatic carbocycles. The maximum Gasteiger partial charge on any atom is 0.0540 e. The Morgan fingerprint density at radius 1 is 0.348 bits per heavy atom. The van der Waals surface area contributed by atoms with Gasteiger partial charge in [-0.2, -0.15) is 0 Å². The van der Waals surface area contributed by atoms with E-state index in [1.807, 2.05) is 0 Å². The number of fused-ring (bicyclic) bond motifs is 1. The monoisotopic (exact) mass is 592 g/mol. The van der Waals surface area contributed by atoms with Crippen molar-refractivity contribution < 1.29 is 0 Å². The number of benzene rings is 7. The van der Waals surface area contributed by atoms with E-state index in [0.29, 0.717) is 0 Å². The lowest BCUT2D eigenvalue weighted by Gasteiger charge is -2.27. The van der Waals surface area contributed by atoms with E-state index in [9.17, 15) is 0 Å². The molecule has 0 aromatic heterocycles. The Morgan fingerprint density at radius 2 is 0.761 bits per heavy atom. The van der Waals surface area contributed by atoms with Crippen molar-refractivity contribution in [3.8, 4) is 0 Å². The largest absolute Gasteiger partial charge is 0.311 e. The minimum atomic E-state index is 1.12. The third-order valence-electron chi connectivity index (χ3n) is 8.38. The predicted molar refractivity (Wildman–Crippen MR) is 198 cm³/mol. The highest BCUT2D eigenvalue weighted by atomic mass is 15.1. The molecule has 0 amide bonds. The minimum Gasteiger partial charge on any atom is -0.311 e. The zero-order chi connectivity index (χ0) is 31.3. The standard InChI is InChI=1S/C44H36N2/c1-33-15-25-39(26-16-33)45(40-27-17-34(2)18-28-40)41-29-21-35(22-30-41)19-20-36-23-31-42(32-24-36)46(38-11-4-3-5-12-38)44-14-8-10-37-9-6-7-13-43(37)44/h3-32H,1-2H3/b20-19+. The lowest BCUT2D eigenvalue weighted by Crippen LogP contribution is -2.10. The second kappa shape index (κ2) is 13.0. The Balaban J connectivity index is 1.15. The van der Waals surface area contributed by atoms with Gasteiger partial charge in [-0.1, -0.05) is 126 Å². The van der Waals surface area contributed by atoms with Crippen molar-refractivity contribution in [1.82, 2.24) is 0 Å². The van der Waals surface area contributed by atoms with E-state index >= 15 is 0 Å². The summed E-state index contributed by atoms with van der Waals surface area (Å²) < 4.78 is 0. The van der Waals surface area contributed by atoms with Crippen molar-refractivity contribution in [3.05, 3.63) is 192 Å². The SMILES string of the molecule is Cc1ccc(N(c2ccc(C)cc2)c2ccc(/C=C/c3ccc(N(c4ccccc4)c4cccc5ccccc45)cc3)cc2)cc1. The first-order valence-electron chi connectivity index (χ1n) is 15.8. The molecular formula is C44H36N2. The smallest absolute Gasteiger partial charge is 0.0540 e. The van der Waals surface area contributed by atoms with Gasteiger partial charge in [0.2, 0.25) is 0 Å². The van der Waals surface area contributed by atoms with Gasteiger partial charge in [-0.15, -0.1) is 0 Å². The van der Waals surface area contributed by atoms with Gasteiger partial charge in [-0.3, -0.25) is 0 Å². The molecule has 0 radical (unpaired) electrons. The topological polar surface area (TPSA) is 6.48 Å². The van der Waals surface area contributed by atoms with E-state index in [2.05, 4.69) is 206 Å². The molecule has 0 atom stereocenters. The molecule has 7 rings (SSSR count). The van der Waals surface area contributed by atoms with Crippen molar-refractivity contribution in [2.45, 2.75) is 13.8 Å². The Bertz CT molecular complexity index is 2020. The van der Waals surface area contributed by atoms with Crippen LogP contribution in [0.2, 0.25) is 0 Å². The molecule has 2 heteroatoms. The Labute approximate surface area is 272 Å². The normalized spacial score (nSPS) is 11.2. The van der Waals surface area contributed by atoms with Crippen LogP contribution in [0.3, 0.4) is 0 Å². The van der Waals surface area contributed by atoms with Crippen molar-refractivity contribution in [2.75, 3.05) is 9.80 Å². The van der Waals surface area contributed by atoms with Crippen LogP contribution in [-0.4, -0.2) is 0 Å². The van der Waals surface area contributed by atoms with Crippen molar-refractivity contribution in [1.29, 1.82) is 0 Å². The van der Waals surface area contributed by atoms with Crippen LogP contribution in [0.25, 0.3) is 22.9 Å². The quantitative estimate of drug-likeness (QED) is 0.162. The number of anilines is 6. The van der Waals surface area contributed by atoms with Gasteiger partial charge in [-0.25, -0.2) is 0 Å². The average molecular weight is 593 g/mol. The van der Waals surface area contributed by atoms with Gasteiger partial charge in [0.15, 0.2) is 0 Å². The van der Waals surface area contributed by atoms with Gasteiger partial charge in [0, 0.05) is 33.8 Å². The molecule has 0 heterocycles. The van der Waals surface area contributed by atoms with Gasteiger partial charge >= 0.3 is 0 Å². The van der Waals surface area contributed by atoms with Crippen LogP contribution in [0.15, 0.2) is 170 Å². The fourth-order valence-electron chi connectivity index (χ4n) is 5.90. The van der Waals surface area contributed by atoms with Crippen molar-refractivity contribution in [3.63, 3.8) is 0 Å². The fraction of sp³-hybridized carbons (Fsp3) is 0.0455. The molecule has 0 aliphatic heterocycles. The summed E-state index contributed by atoms with van der Waals surface area (Å²) in [5.41, 5.74) is 11.6. The van der Waals surface area contributed by atoms with E-state index in [-0.39, 0.29) is 0 Å². The Kier molecular flexibility index (Phi) is 8.17. The van der Waals surface area contributed by atoms with Crippen LogP contribution in [0.1, 0.15) is 22.3 Å². The molecule has 2 nitrogen and oxygen atoms in total. The summed E-state index contributed by atoms with van der Waals surface area (Å²) in [6, 6.07) is 60.6. The number of nitrogens with zero attached hydrogens (tertiary/aromatic N) is 2. The average Bonchev–Trinajstić information content (AvgIpc) is 3.11. The summed E-state index contributed by atoms with van der Waals surface area (Å²) in [5.74, 6) is 0. The van der Waals surface area contributed by atoms with Crippen LogP contribution in [0.5, 0.6) is 0 Å². The van der Waals surface area contributed by atoms with E-state index in [1.54, 1.807) is 0 Å². The molecule has 0 aliphatic rings. The zero-order valence-corrected chi connectivity index (χ0v) is 26.2. The maximum atomic E-state index is 2.34. The van der Waals surface area contributed by atoms with Gasteiger partial charge in [0.25, 0.3) is 0 Å². The molecule has 7 aromatic rings. The summed E-state index contributed by atoms with van der Waals surface area (Å²) in [6.45, 7) is 4.25. The maximum absolute atomic E-state index is 2.34. The third-order valence-corrected chi connectivity index (χ3v) is 8.38. The summed E-state index contributed by atoms with van der Waals surface area (Å²) >= 11 is 0. The van der Waals surface area contributed by atoms with Gasteiger partial charge in [0.05, 0.1) is 5.69 Å². The Hall–Kier alpha value is -5.86. The van der Waals surface area contributed by atoms with Crippen LogP contribution < -0.4 is 9.80 Å². The molecule has 0 unspecified atom stereocenters. The molecule has 0 spiro atoms. The van der Waals surface area contributed by atoms with E-state index in [1.165, 1.54) is 21.9 Å². The summed E-state index contributed by atoms with van der Waals surface area (Å²) in [6.07, 6.45) is 4.36. The summed E-state index contributed by atoms with van der Waals surface area (Å²) in [7, 11) is 0. The van der Waals surface area contributed by atoms with Gasteiger partial charge in [-0.05, 0) is 97.1 Å². The molecule has 0 fully saturated rings. The molecule has 0 saturated carbocycles. The molecular weight excluding hydrogens is 556 g/mol. The van der Waals surface area contributed by atoms with Crippen LogP contribution in [0.4, 0.5) is 34.1 Å². The van der Waals surface area contributed by atoms with E-state index in [0.717, 1.165) is 45.3 Å². The minimum absolute atomic E-state index is 1.12. The lowest BCUT2D eigenvalue weighted by molar-refractivity contribution is 1.27. The predicted octanol–water partition coefficient (Wildman–Crippen LogP) is 12.6. The van der Waals surface area contributed by atoms with Crippen LogP contribution in [-0.2, 0) is 0 Å². The first-order valence-corrected chi connectivity index (χ1v) is 15.8. The number of hydrogen-bond acceptors (Lipinski definition) is 2. The number of rotatable bonds is 8. The first kappa shape index (κ1) is 28.9. The van der Waals surface area contributed by atoms with Crippen molar-refractivity contribution in [2.24, 2.45) is 0 Å². The molecule has 222 valence electrons. The molecule has 0 N–H and O–H groups in total. The molecule has 0 aliphatic carbocycles. The van der Waals surface area contributed by atoms with Gasteiger partial charge < -0.3 is 9.80 Å². The molecule has 0 saturated heterocycles. The van der Waals surface area contributed by atoms with E-state index < -0.39 is 0 Å². The van der Waals surface area contributed by atoms with Crippen LogP contribution >= 0.6 is 0 Å². The molecule has 0 bridgehead atoms. The highest BCUT2D eigenvalue weighted by Gasteiger charge is 2.15. The number of aryl methyl sites for hydroxylation is 2.